The maximum Gasteiger partial charge on any atom is 0.0454 e. The van der Waals surface area contributed by atoms with Crippen LogP contribution in [0.25, 0.3) is 0 Å². The Balaban J connectivity index is 2.27. The molecule has 0 atom stereocenters. The zero-order chi connectivity index (χ0) is 8.86. The van der Waals surface area contributed by atoms with E-state index in [1.165, 1.54) is 6.42 Å². The minimum absolute atomic E-state index is 0.435. The summed E-state index contributed by atoms with van der Waals surface area (Å²) in [6, 6.07) is 0. The summed E-state index contributed by atoms with van der Waals surface area (Å²) in [4.78, 5) is 0. The Bertz CT molecular complexity index is 111. The van der Waals surface area contributed by atoms with Gasteiger partial charge in [-0.3, -0.25) is 0 Å². The van der Waals surface area contributed by atoms with E-state index >= 15 is 0 Å². The second-order valence-electron chi connectivity index (χ2n) is 4.27. The van der Waals surface area contributed by atoms with E-state index in [0.717, 1.165) is 32.8 Å². The molecule has 1 aliphatic rings. The van der Waals surface area contributed by atoms with Gasteiger partial charge in [0.15, 0.2) is 0 Å². The van der Waals surface area contributed by atoms with Gasteiger partial charge in [-0.1, -0.05) is 13.8 Å². The summed E-state index contributed by atoms with van der Waals surface area (Å²) in [7, 11) is 0. The van der Waals surface area contributed by atoms with Crippen molar-refractivity contribution in [3.63, 3.8) is 0 Å². The molecule has 1 rings (SSSR count). The number of hydrogen-bond donors (Lipinski definition) is 3. The molecule has 0 saturated carbocycles. The van der Waals surface area contributed by atoms with E-state index in [0.29, 0.717) is 5.41 Å². The van der Waals surface area contributed by atoms with Crippen molar-refractivity contribution in [2.24, 2.45) is 5.41 Å². The predicted molar refractivity (Wildman–Crippen MR) is 52.1 cm³/mol. The van der Waals surface area contributed by atoms with Gasteiger partial charge in [0.1, 0.15) is 0 Å². The first-order chi connectivity index (χ1) is 5.71. The van der Waals surface area contributed by atoms with E-state index in [9.17, 15) is 0 Å². The molecular formula is C9H21N3. The van der Waals surface area contributed by atoms with Gasteiger partial charge in [-0.15, -0.1) is 0 Å². The standard InChI is InChI=1S/C9H21N3/c1-9(2)3-4-11-8-12-6-5-10-7-9/h10-12H,3-8H2,1-2H3. The van der Waals surface area contributed by atoms with Crippen LogP contribution >= 0.6 is 0 Å². The van der Waals surface area contributed by atoms with Gasteiger partial charge < -0.3 is 16.0 Å². The molecule has 0 amide bonds. The topological polar surface area (TPSA) is 36.1 Å². The molecule has 0 spiro atoms. The van der Waals surface area contributed by atoms with Crippen LogP contribution in [0.15, 0.2) is 0 Å². The van der Waals surface area contributed by atoms with E-state index < -0.39 is 0 Å². The second kappa shape index (κ2) is 4.80. The van der Waals surface area contributed by atoms with Crippen LogP contribution < -0.4 is 16.0 Å². The molecule has 0 radical (unpaired) electrons. The minimum Gasteiger partial charge on any atom is -0.315 e. The Kier molecular flexibility index (Phi) is 3.98. The average molecular weight is 171 g/mol. The van der Waals surface area contributed by atoms with Crippen LogP contribution in [0.5, 0.6) is 0 Å². The highest BCUT2D eigenvalue weighted by molar-refractivity contribution is 4.73. The van der Waals surface area contributed by atoms with Crippen LogP contribution in [0.4, 0.5) is 0 Å². The van der Waals surface area contributed by atoms with E-state index in [2.05, 4.69) is 29.8 Å². The average Bonchev–Trinajstić information content (AvgIpc) is 2.02. The number of rotatable bonds is 0. The Hall–Kier alpha value is -0.120. The lowest BCUT2D eigenvalue weighted by atomic mass is 9.89. The summed E-state index contributed by atoms with van der Waals surface area (Å²) in [5.74, 6) is 0. The highest BCUT2D eigenvalue weighted by atomic mass is 15.1. The quantitative estimate of drug-likeness (QED) is 0.485. The Morgan fingerprint density at radius 2 is 1.58 bits per heavy atom. The molecule has 0 bridgehead atoms. The summed E-state index contributed by atoms with van der Waals surface area (Å²) in [6.07, 6.45) is 1.24. The Labute approximate surface area is 75.3 Å². The molecule has 0 aromatic carbocycles. The predicted octanol–water partition coefficient (Wildman–Crippen LogP) is 0.143. The lowest BCUT2D eigenvalue weighted by Gasteiger charge is -2.26. The minimum atomic E-state index is 0.435. The summed E-state index contributed by atoms with van der Waals surface area (Å²) in [5, 5.41) is 10.1. The highest BCUT2D eigenvalue weighted by Crippen LogP contribution is 2.17. The highest BCUT2D eigenvalue weighted by Gasteiger charge is 2.16. The first-order valence-corrected chi connectivity index (χ1v) is 4.83. The number of hydrogen-bond acceptors (Lipinski definition) is 3. The smallest absolute Gasteiger partial charge is 0.0454 e. The summed E-state index contributed by atoms with van der Waals surface area (Å²) < 4.78 is 0. The molecule has 12 heavy (non-hydrogen) atoms. The van der Waals surface area contributed by atoms with Gasteiger partial charge in [0.2, 0.25) is 0 Å². The van der Waals surface area contributed by atoms with E-state index in [-0.39, 0.29) is 0 Å². The van der Waals surface area contributed by atoms with Gasteiger partial charge in [-0.05, 0) is 18.4 Å². The fourth-order valence-electron chi connectivity index (χ4n) is 1.38. The molecule has 1 heterocycles. The largest absolute Gasteiger partial charge is 0.315 e. The Morgan fingerprint density at radius 1 is 0.917 bits per heavy atom. The molecular weight excluding hydrogens is 150 g/mol. The third-order valence-electron chi connectivity index (χ3n) is 2.31. The van der Waals surface area contributed by atoms with Crippen molar-refractivity contribution in [1.82, 2.24) is 16.0 Å². The van der Waals surface area contributed by atoms with Gasteiger partial charge >= 0.3 is 0 Å². The van der Waals surface area contributed by atoms with Crippen molar-refractivity contribution in [3.8, 4) is 0 Å². The van der Waals surface area contributed by atoms with Crippen LogP contribution in [0.1, 0.15) is 20.3 Å². The maximum atomic E-state index is 3.46. The zero-order valence-corrected chi connectivity index (χ0v) is 8.24. The van der Waals surface area contributed by atoms with Crippen molar-refractivity contribution >= 4 is 0 Å². The van der Waals surface area contributed by atoms with Crippen LogP contribution in [0.2, 0.25) is 0 Å². The molecule has 1 fully saturated rings. The monoisotopic (exact) mass is 171 g/mol. The van der Waals surface area contributed by atoms with Crippen molar-refractivity contribution in [2.45, 2.75) is 20.3 Å². The third kappa shape index (κ3) is 4.04. The molecule has 0 aliphatic carbocycles. The van der Waals surface area contributed by atoms with Gasteiger partial charge in [-0.2, -0.15) is 0 Å². The molecule has 0 aromatic rings. The van der Waals surface area contributed by atoms with Gasteiger partial charge in [-0.25, -0.2) is 0 Å². The maximum absolute atomic E-state index is 3.46. The first kappa shape index (κ1) is 9.96. The van der Waals surface area contributed by atoms with Crippen LogP contribution in [-0.2, 0) is 0 Å². The summed E-state index contributed by atoms with van der Waals surface area (Å²) >= 11 is 0. The first-order valence-electron chi connectivity index (χ1n) is 4.83. The fourth-order valence-corrected chi connectivity index (χ4v) is 1.38. The molecule has 0 unspecified atom stereocenters. The van der Waals surface area contributed by atoms with Gasteiger partial charge in [0.25, 0.3) is 0 Å². The normalized spacial score (nSPS) is 26.5. The molecule has 3 nitrogen and oxygen atoms in total. The molecule has 3 N–H and O–H groups in total. The third-order valence-corrected chi connectivity index (χ3v) is 2.31. The van der Waals surface area contributed by atoms with Crippen molar-refractivity contribution in [2.75, 3.05) is 32.8 Å². The lowest BCUT2D eigenvalue weighted by Crippen LogP contribution is -2.41. The van der Waals surface area contributed by atoms with Crippen LogP contribution in [0.3, 0.4) is 0 Å². The number of nitrogens with one attached hydrogen (secondary N) is 3. The van der Waals surface area contributed by atoms with Crippen molar-refractivity contribution < 1.29 is 0 Å². The molecule has 1 saturated heterocycles. The fraction of sp³-hybridized carbons (Fsp3) is 1.00. The van der Waals surface area contributed by atoms with E-state index in [4.69, 9.17) is 0 Å². The van der Waals surface area contributed by atoms with Crippen LogP contribution in [0, 0.1) is 5.41 Å². The van der Waals surface area contributed by atoms with Crippen molar-refractivity contribution in [1.29, 1.82) is 0 Å². The zero-order valence-electron chi connectivity index (χ0n) is 8.24. The molecule has 1 aliphatic heterocycles. The summed E-state index contributed by atoms with van der Waals surface area (Å²) in [6.45, 7) is 9.94. The van der Waals surface area contributed by atoms with Gasteiger partial charge in [0, 0.05) is 26.3 Å². The van der Waals surface area contributed by atoms with Crippen LogP contribution in [-0.4, -0.2) is 32.8 Å². The lowest BCUT2D eigenvalue weighted by molar-refractivity contribution is 0.300. The van der Waals surface area contributed by atoms with E-state index in [1.807, 2.05) is 0 Å². The molecule has 72 valence electrons. The summed E-state index contributed by atoms with van der Waals surface area (Å²) in [5.41, 5.74) is 0.435. The molecule has 0 aromatic heterocycles. The van der Waals surface area contributed by atoms with Gasteiger partial charge in [0.05, 0.1) is 0 Å². The Morgan fingerprint density at radius 3 is 2.42 bits per heavy atom. The van der Waals surface area contributed by atoms with Crippen molar-refractivity contribution in [3.05, 3.63) is 0 Å². The molecule has 3 heteroatoms. The second-order valence-corrected chi connectivity index (χ2v) is 4.27. The SMILES string of the molecule is CC1(C)CCNCNCCNC1. The van der Waals surface area contributed by atoms with E-state index in [1.54, 1.807) is 0 Å².